The molecule has 0 fully saturated rings. The molecule has 0 aliphatic rings. The Hall–Kier alpha value is -1.21. The van der Waals surface area contributed by atoms with E-state index in [4.69, 9.17) is 5.84 Å². The molecule has 0 saturated heterocycles. The van der Waals surface area contributed by atoms with Gasteiger partial charge in [-0.25, -0.2) is 10.8 Å². The summed E-state index contributed by atoms with van der Waals surface area (Å²) in [4.78, 5) is 7.94. The fraction of sp³-hybridized carbons (Fsp3) is 0.500. The van der Waals surface area contributed by atoms with E-state index >= 15 is 0 Å². The standard InChI is InChI=1S/C8H15N5OS/c1-6(15(2)14)5-11-7-3-4-10-8(12-7)13-9/h3-4,6H,5,9H2,1-2H3,(H2,10,11,12,13). The second kappa shape index (κ2) is 5.62. The van der Waals surface area contributed by atoms with Crippen LogP contribution in [0.25, 0.3) is 0 Å². The van der Waals surface area contributed by atoms with Crippen LogP contribution in [0.3, 0.4) is 0 Å². The number of hydrogen-bond acceptors (Lipinski definition) is 6. The second-order valence-corrected chi connectivity index (χ2v) is 4.90. The van der Waals surface area contributed by atoms with Crippen molar-refractivity contribution in [2.75, 3.05) is 23.5 Å². The van der Waals surface area contributed by atoms with Crippen LogP contribution in [0.1, 0.15) is 6.92 Å². The molecule has 1 rings (SSSR count). The van der Waals surface area contributed by atoms with Gasteiger partial charge in [-0.3, -0.25) is 9.63 Å². The van der Waals surface area contributed by atoms with Crippen molar-refractivity contribution in [1.29, 1.82) is 0 Å². The van der Waals surface area contributed by atoms with Gasteiger partial charge in [0.1, 0.15) is 5.82 Å². The first-order valence-corrected chi connectivity index (χ1v) is 6.11. The fourth-order valence-corrected chi connectivity index (χ4v) is 1.21. The molecule has 1 aromatic rings. The molecular formula is C8H15N5OS. The molecule has 0 spiro atoms. The highest BCUT2D eigenvalue weighted by Gasteiger charge is 2.06. The zero-order chi connectivity index (χ0) is 11.3. The van der Waals surface area contributed by atoms with Crippen LogP contribution in [0, 0.1) is 0 Å². The Morgan fingerprint density at radius 2 is 2.40 bits per heavy atom. The van der Waals surface area contributed by atoms with E-state index in [0.717, 1.165) is 0 Å². The number of nitrogens with zero attached hydrogens (tertiary/aromatic N) is 2. The third-order valence-corrected chi connectivity index (χ3v) is 3.22. The van der Waals surface area contributed by atoms with Gasteiger partial charge in [-0.05, 0) is 13.0 Å². The minimum absolute atomic E-state index is 0.0780. The lowest BCUT2D eigenvalue weighted by atomic mass is 10.4. The van der Waals surface area contributed by atoms with Crippen LogP contribution in [0.5, 0.6) is 0 Å². The van der Waals surface area contributed by atoms with Crippen LogP contribution < -0.4 is 16.6 Å². The van der Waals surface area contributed by atoms with Gasteiger partial charge in [-0.1, -0.05) is 0 Å². The van der Waals surface area contributed by atoms with E-state index in [2.05, 4.69) is 20.7 Å². The van der Waals surface area contributed by atoms with Crippen LogP contribution in [-0.4, -0.2) is 32.2 Å². The summed E-state index contributed by atoms with van der Waals surface area (Å²) < 4.78 is 11.1. The van der Waals surface area contributed by atoms with Gasteiger partial charge in [0, 0.05) is 35.0 Å². The van der Waals surface area contributed by atoms with Crippen molar-refractivity contribution < 1.29 is 4.21 Å². The Morgan fingerprint density at radius 1 is 1.67 bits per heavy atom. The minimum Gasteiger partial charge on any atom is -0.369 e. The molecule has 0 amide bonds. The number of aromatic nitrogens is 2. The minimum atomic E-state index is -0.837. The van der Waals surface area contributed by atoms with Crippen molar-refractivity contribution >= 4 is 22.6 Å². The van der Waals surface area contributed by atoms with Gasteiger partial charge in [-0.15, -0.1) is 0 Å². The first kappa shape index (κ1) is 11.9. The van der Waals surface area contributed by atoms with Crippen molar-refractivity contribution in [3.05, 3.63) is 12.3 Å². The zero-order valence-corrected chi connectivity index (χ0v) is 9.54. The number of nitrogen functional groups attached to an aromatic ring is 1. The number of anilines is 2. The maximum absolute atomic E-state index is 11.1. The monoisotopic (exact) mass is 229 g/mol. The first-order chi connectivity index (χ1) is 7.13. The van der Waals surface area contributed by atoms with Crippen LogP contribution in [0.4, 0.5) is 11.8 Å². The van der Waals surface area contributed by atoms with Gasteiger partial charge in [0.05, 0.1) is 0 Å². The molecule has 84 valence electrons. The first-order valence-electron chi connectivity index (χ1n) is 4.49. The van der Waals surface area contributed by atoms with Crippen LogP contribution in [0.2, 0.25) is 0 Å². The number of rotatable bonds is 5. The summed E-state index contributed by atoms with van der Waals surface area (Å²) in [5.74, 6) is 6.19. The Bertz CT molecular complexity index is 346. The highest BCUT2D eigenvalue weighted by Crippen LogP contribution is 2.05. The average Bonchev–Trinajstić information content (AvgIpc) is 2.26. The number of hydrazine groups is 1. The topological polar surface area (TPSA) is 92.9 Å². The normalized spacial score (nSPS) is 14.3. The van der Waals surface area contributed by atoms with E-state index in [1.807, 2.05) is 6.92 Å². The van der Waals surface area contributed by atoms with Crippen LogP contribution >= 0.6 is 0 Å². The SMILES string of the molecule is CC(CNc1ccnc(NN)n1)S(C)=O. The molecule has 4 N–H and O–H groups in total. The molecule has 7 heteroatoms. The molecule has 2 unspecified atom stereocenters. The highest BCUT2D eigenvalue weighted by atomic mass is 32.2. The Labute approximate surface area is 91.1 Å². The molecular weight excluding hydrogens is 214 g/mol. The van der Waals surface area contributed by atoms with Gasteiger partial charge in [-0.2, -0.15) is 4.98 Å². The molecule has 0 aliphatic carbocycles. The summed E-state index contributed by atoms with van der Waals surface area (Å²) in [5.41, 5.74) is 2.36. The maximum atomic E-state index is 11.1. The van der Waals surface area contributed by atoms with Gasteiger partial charge in [0.15, 0.2) is 0 Å². The quantitative estimate of drug-likeness (QED) is 0.484. The number of nitrogens with one attached hydrogen (secondary N) is 2. The van der Waals surface area contributed by atoms with Gasteiger partial charge >= 0.3 is 0 Å². The maximum Gasteiger partial charge on any atom is 0.239 e. The van der Waals surface area contributed by atoms with Crippen molar-refractivity contribution in [2.24, 2.45) is 5.84 Å². The summed E-state index contributed by atoms with van der Waals surface area (Å²) in [6, 6.07) is 1.73. The summed E-state index contributed by atoms with van der Waals surface area (Å²) in [6.07, 6.45) is 3.28. The van der Waals surface area contributed by atoms with Crippen molar-refractivity contribution in [2.45, 2.75) is 12.2 Å². The smallest absolute Gasteiger partial charge is 0.239 e. The van der Waals surface area contributed by atoms with Crippen molar-refractivity contribution in [3.8, 4) is 0 Å². The molecule has 2 atom stereocenters. The molecule has 0 bridgehead atoms. The lowest BCUT2D eigenvalue weighted by Crippen LogP contribution is -2.21. The summed E-state index contributed by atoms with van der Waals surface area (Å²) >= 11 is 0. The van der Waals surface area contributed by atoms with E-state index in [1.165, 1.54) is 0 Å². The lowest BCUT2D eigenvalue weighted by molar-refractivity contribution is 0.679. The highest BCUT2D eigenvalue weighted by molar-refractivity contribution is 7.84. The van der Waals surface area contributed by atoms with Crippen LogP contribution in [0.15, 0.2) is 12.3 Å². The number of nitrogens with two attached hydrogens (primary N) is 1. The molecule has 0 aliphatic heterocycles. The van der Waals surface area contributed by atoms with E-state index < -0.39 is 10.8 Å². The molecule has 1 aromatic heterocycles. The predicted octanol–water partition coefficient (Wildman–Crippen LogP) is -0.0589. The van der Waals surface area contributed by atoms with Crippen molar-refractivity contribution in [1.82, 2.24) is 9.97 Å². The molecule has 6 nitrogen and oxygen atoms in total. The molecule has 1 heterocycles. The Kier molecular flexibility index (Phi) is 4.44. The Balaban J connectivity index is 2.53. The third-order valence-electron chi connectivity index (χ3n) is 1.92. The summed E-state index contributed by atoms with van der Waals surface area (Å²) in [7, 11) is -0.837. The second-order valence-electron chi connectivity index (χ2n) is 3.10. The molecule has 0 aromatic carbocycles. The molecule has 0 saturated carbocycles. The zero-order valence-electron chi connectivity index (χ0n) is 8.73. The van der Waals surface area contributed by atoms with Gasteiger partial charge in [0.2, 0.25) is 5.95 Å². The van der Waals surface area contributed by atoms with Crippen LogP contribution in [-0.2, 0) is 10.8 Å². The van der Waals surface area contributed by atoms with Gasteiger partial charge < -0.3 is 5.32 Å². The summed E-state index contributed by atoms with van der Waals surface area (Å²) in [6.45, 7) is 2.51. The fourth-order valence-electron chi connectivity index (χ4n) is 0.892. The van der Waals surface area contributed by atoms with E-state index in [9.17, 15) is 4.21 Å². The number of hydrogen-bond donors (Lipinski definition) is 3. The third kappa shape index (κ3) is 3.80. The largest absolute Gasteiger partial charge is 0.369 e. The Morgan fingerprint density at radius 3 is 3.00 bits per heavy atom. The predicted molar refractivity (Wildman–Crippen MR) is 61.9 cm³/mol. The van der Waals surface area contributed by atoms with Crippen molar-refractivity contribution in [3.63, 3.8) is 0 Å². The molecule has 0 radical (unpaired) electrons. The van der Waals surface area contributed by atoms with E-state index in [1.54, 1.807) is 18.5 Å². The van der Waals surface area contributed by atoms with Gasteiger partial charge in [0.25, 0.3) is 0 Å². The summed E-state index contributed by atoms with van der Waals surface area (Å²) in [5, 5.41) is 3.14. The average molecular weight is 229 g/mol. The van der Waals surface area contributed by atoms with E-state index in [-0.39, 0.29) is 5.25 Å². The molecule has 15 heavy (non-hydrogen) atoms. The lowest BCUT2D eigenvalue weighted by Gasteiger charge is -2.10. The van der Waals surface area contributed by atoms with E-state index in [0.29, 0.717) is 18.3 Å².